The molecule has 1 fully saturated rings. The molecule has 1 aliphatic rings. The van der Waals surface area contributed by atoms with E-state index in [1.54, 1.807) is 0 Å². The molecule has 0 amide bonds. The molecule has 0 atom stereocenters. The second kappa shape index (κ2) is 8.08. The molecule has 0 saturated carbocycles. The van der Waals surface area contributed by atoms with E-state index in [1.165, 1.54) is 17.3 Å². The van der Waals surface area contributed by atoms with Crippen LogP contribution in [0, 0.1) is 6.92 Å². The van der Waals surface area contributed by atoms with Crippen molar-refractivity contribution in [1.29, 1.82) is 0 Å². The van der Waals surface area contributed by atoms with E-state index in [2.05, 4.69) is 46.6 Å². The number of ether oxygens (including phenoxy) is 1. The van der Waals surface area contributed by atoms with Gasteiger partial charge in [0.05, 0.1) is 24.4 Å². The SMILES string of the molecule is CCc1cc(C(=O)O)c(=O)[nH]c1-c1cc(C)c2c(c1)cc(CN1CCOCC1)n2C. The van der Waals surface area contributed by atoms with Crippen LogP contribution in [0.1, 0.15) is 34.1 Å². The summed E-state index contributed by atoms with van der Waals surface area (Å²) in [7, 11) is 2.09. The molecule has 30 heavy (non-hydrogen) atoms. The Labute approximate surface area is 174 Å². The highest BCUT2D eigenvalue weighted by Crippen LogP contribution is 2.30. The highest BCUT2D eigenvalue weighted by atomic mass is 16.5. The summed E-state index contributed by atoms with van der Waals surface area (Å²) in [6, 6.07) is 7.84. The fraction of sp³-hybridized carbons (Fsp3) is 0.391. The van der Waals surface area contributed by atoms with Crippen LogP contribution in [0.2, 0.25) is 0 Å². The van der Waals surface area contributed by atoms with Crippen LogP contribution in [-0.4, -0.2) is 51.8 Å². The molecule has 7 heteroatoms. The van der Waals surface area contributed by atoms with Crippen molar-refractivity contribution in [2.75, 3.05) is 26.3 Å². The first-order valence-corrected chi connectivity index (χ1v) is 10.3. The van der Waals surface area contributed by atoms with Gasteiger partial charge in [-0.1, -0.05) is 6.92 Å². The number of aryl methyl sites for hydroxylation is 3. The van der Waals surface area contributed by atoms with E-state index in [1.807, 2.05) is 6.92 Å². The van der Waals surface area contributed by atoms with Gasteiger partial charge in [0, 0.05) is 37.8 Å². The number of H-pyrrole nitrogens is 1. The van der Waals surface area contributed by atoms with Crippen molar-refractivity contribution in [3.63, 3.8) is 0 Å². The van der Waals surface area contributed by atoms with Gasteiger partial charge in [-0.3, -0.25) is 9.69 Å². The summed E-state index contributed by atoms with van der Waals surface area (Å²) in [6.07, 6.45) is 0.626. The zero-order valence-electron chi connectivity index (χ0n) is 17.6. The molecule has 3 aromatic rings. The van der Waals surface area contributed by atoms with Gasteiger partial charge in [-0.25, -0.2) is 4.79 Å². The van der Waals surface area contributed by atoms with Crippen LogP contribution in [0.5, 0.6) is 0 Å². The first-order chi connectivity index (χ1) is 14.4. The standard InChI is InChI=1S/C23H27N3O4/c1-4-15-12-19(23(28)29)22(27)24-20(15)16-9-14(2)21-17(10-16)11-18(25(21)3)13-26-5-7-30-8-6-26/h9-12H,4-8,13H2,1-3H3,(H,24,27)(H,28,29). The third-order valence-electron chi connectivity index (χ3n) is 5.93. The Hall–Kier alpha value is -2.90. The molecule has 0 bridgehead atoms. The van der Waals surface area contributed by atoms with E-state index in [0.717, 1.165) is 54.9 Å². The van der Waals surface area contributed by atoms with Gasteiger partial charge in [-0.05, 0) is 54.3 Å². The lowest BCUT2D eigenvalue weighted by molar-refractivity contribution is 0.0333. The van der Waals surface area contributed by atoms with Gasteiger partial charge in [-0.2, -0.15) is 0 Å². The molecule has 1 aliphatic heterocycles. The maximum atomic E-state index is 12.3. The number of carboxylic acid groups (broad SMARTS) is 1. The fourth-order valence-electron chi connectivity index (χ4n) is 4.35. The Bertz CT molecular complexity index is 1170. The minimum atomic E-state index is -1.21. The van der Waals surface area contributed by atoms with Gasteiger partial charge in [0.15, 0.2) is 0 Å². The number of fused-ring (bicyclic) bond motifs is 1. The number of aromatic amines is 1. The number of carboxylic acids is 1. The average molecular weight is 409 g/mol. The van der Waals surface area contributed by atoms with Crippen molar-refractivity contribution < 1.29 is 14.6 Å². The Morgan fingerprint density at radius 3 is 2.60 bits per heavy atom. The zero-order valence-corrected chi connectivity index (χ0v) is 17.6. The van der Waals surface area contributed by atoms with E-state index < -0.39 is 11.5 Å². The maximum absolute atomic E-state index is 12.3. The third-order valence-corrected chi connectivity index (χ3v) is 5.93. The minimum Gasteiger partial charge on any atom is -0.477 e. The summed E-state index contributed by atoms with van der Waals surface area (Å²) in [5.74, 6) is -1.21. The first kappa shape index (κ1) is 20.4. The monoisotopic (exact) mass is 409 g/mol. The van der Waals surface area contributed by atoms with Crippen LogP contribution < -0.4 is 5.56 Å². The Kier molecular flexibility index (Phi) is 5.49. The summed E-state index contributed by atoms with van der Waals surface area (Å²) < 4.78 is 7.69. The van der Waals surface area contributed by atoms with Crippen molar-refractivity contribution in [3.8, 4) is 11.3 Å². The Morgan fingerprint density at radius 1 is 1.20 bits per heavy atom. The van der Waals surface area contributed by atoms with Gasteiger partial charge in [0.1, 0.15) is 5.56 Å². The molecular formula is C23H27N3O4. The number of pyridine rings is 1. The van der Waals surface area contributed by atoms with E-state index in [4.69, 9.17) is 4.74 Å². The number of aromatic nitrogens is 2. The van der Waals surface area contributed by atoms with E-state index >= 15 is 0 Å². The van der Waals surface area contributed by atoms with E-state index in [-0.39, 0.29) is 5.56 Å². The summed E-state index contributed by atoms with van der Waals surface area (Å²) in [4.78, 5) is 28.8. The summed E-state index contributed by atoms with van der Waals surface area (Å²) in [5.41, 5.74) is 5.13. The van der Waals surface area contributed by atoms with Crippen LogP contribution >= 0.6 is 0 Å². The highest BCUT2D eigenvalue weighted by molar-refractivity contribution is 5.91. The summed E-state index contributed by atoms with van der Waals surface area (Å²) in [5, 5.41) is 10.4. The largest absolute Gasteiger partial charge is 0.477 e. The summed E-state index contributed by atoms with van der Waals surface area (Å²) in [6.45, 7) is 8.30. The maximum Gasteiger partial charge on any atom is 0.341 e. The normalized spacial score (nSPS) is 15.0. The molecular weight excluding hydrogens is 382 g/mol. The van der Waals surface area contributed by atoms with Gasteiger partial charge in [0.25, 0.3) is 5.56 Å². The van der Waals surface area contributed by atoms with Crippen LogP contribution in [0.15, 0.2) is 29.1 Å². The molecule has 1 aromatic carbocycles. The average Bonchev–Trinajstić information content (AvgIpc) is 3.04. The molecule has 4 rings (SSSR count). The van der Waals surface area contributed by atoms with Crippen molar-refractivity contribution >= 4 is 16.9 Å². The topological polar surface area (TPSA) is 87.6 Å². The number of rotatable bonds is 5. The highest BCUT2D eigenvalue weighted by Gasteiger charge is 2.18. The third kappa shape index (κ3) is 3.66. The molecule has 2 N–H and O–H groups in total. The number of hydrogen-bond acceptors (Lipinski definition) is 4. The summed E-state index contributed by atoms with van der Waals surface area (Å²) >= 11 is 0. The van der Waals surface area contributed by atoms with Gasteiger partial charge < -0.3 is 19.4 Å². The zero-order chi connectivity index (χ0) is 21.4. The second-order valence-corrected chi connectivity index (χ2v) is 7.89. The van der Waals surface area contributed by atoms with Crippen molar-refractivity contribution in [1.82, 2.24) is 14.5 Å². The van der Waals surface area contributed by atoms with Crippen LogP contribution in [0.25, 0.3) is 22.2 Å². The molecule has 0 spiro atoms. The number of nitrogens with one attached hydrogen (secondary N) is 1. The molecule has 0 radical (unpaired) electrons. The molecule has 1 saturated heterocycles. The number of aromatic carboxylic acids is 1. The Morgan fingerprint density at radius 2 is 1.93 bits per heavy atom. The van der Waals surface area contributed by atoms with Crippen molar-refractivity contribution in [3.05, 3.63) is 57.0 Å². The lowest BCUT2D eigenvalue weighted by atomic mass is 9.99. The number of benzene rings is 1. The molecule has 7 nitrogen and oxygen atoms in total. The van der Waals surface area contributed by atoms with Crippen LogP contribution in [0.4, 0.5) is 0 Å². The predicted octanol–water partition coefficient (Wildman–Crippen LogP) is 2.93. The second-order valence-electron chi connectivity index (χ2n) is 7.89. The van der Waals surface area contributed by atoms with Crippen LogP contribution in [-0.2, 0) is 24.8 Å². The van der Waals surface area contributed by atoms with Gasteiger partial charge in [-0.15, -0.1) is 0 Å². The molecule has 3 heterocycles. The van der Waals surface area contributed by atoms with E-state index in [9.17, 15) is 14.7 Å². The van der Waals surface area contributed by atoms with Crippen LogP contribution in [0.3, 0.4) is 0 Å². The van der Waals surface area contributed by atoms with Gasteiger partial charge in [0.2, 0.25) is 0 Å². The molecule has 2 aromatic heterocycles. The molecule has 0 unspecified atom stereocenters. The molecule has 158 valence electrons. The lowest BCUT2D eigenvalue weighted by Gasteiger charge is -2.26. The number of morpholine rings is 1. The smallest absolute Gasteiger partial charge is 0.341 e. The first-order valence-electron chi connectivity index (χ1n) is 10.3. The molecule has 0 aliphatic carbocycles. The van der Waals surface area contributed by atoms with Crippen molar-refractivity contribution in [2.24, 2.45) is 7.05 Å². The minimum absolute atomic E-state index is 0.221. The lowest BCUT2D eigenvalue weighted by Crippen LogP contribution is -2.36. The fourth-order valence-corrected chi connectivity index (χ4v) is 4.35. The predicted molar refractivity (Wildman–Crippen MR) is 116 cm³/mol. The Balaban J connectivity index is 1.79. The van der Waals surface area contributed by atoms with E-state index in [0.29, 0.717) is 12.1 Å². The van der Waals surface area contributed by atoms with Crippen molar-refractivity contribution in [2.45, 2.75) is 26.8 Å². The number of nitrogens with zero attached hydrogens (tertiary/aromatic N) is 2. The number of hydrogen-bond donors (Lipinski definition) is 2. The quantitative estimate of drug-likeness (QED) is 0.677. The number of carbonyl (C=O) groups is 1. The van der Waals surface area contributed by atoms with Gasteiger partial charge >= 0.3 is 5.97 Å².